The standard InChI is InChI=1S/C34H46FN5O7/c1-21(37(5)33(46)47-34(2,3)4)30(43)36-28(22-10-8-7-9-11-22)31(44)39-16-18-40(19-17-39)32(45)29-24(13-15-27(41)42)25-20-23(35)12-14-26(25)38(29)6/h12-15,20-22,28H,7-11,16-19H2,1-6H3,(H,36,43)(H,41,42)/t21-,28-/m0/s1. The van der Waals surface area contributed by atoms with Gasteiger partial charge in [-0.2, -0.15) is 0 Å². The van der Waals surface area contributed by atoms with Gasteiger partial charge in [0.25, 0.3) is 5.91 Å². The molecule has 2 heterocycles. The molecule has 2 atom stereocenters. The van der Waals surface area contributed by atoms with Gasteiger partial charge in [0.2, 0.25) is 11.8 Å². The number of fused-ring (bicyclic) bond motifs is 1. The number of rotatable bonds is 8. The predicted octanol–water partition coefficient (Wildman–Crippen LogP) is 4.02. The van der Waals surface area contributed by atoms with E-state index < -0.39 is 41.5 Å². The van der Waals surface area contributed by atoms with Gasteiger partial charge in [-0.3, -0.25) is 19.3 Å². The fourth-order valence-corrected chi connectivity index (χ4v) is 6.29. The highest BCUT2D eigenvalue weighted by Crippen LogP contribution is 2.30. The molecule has 2 aliphatic rings. The summed E-state index contributed by atoms with van der Waals surface area (Å²) in [4.78, 5) is 69.6. The van der Waals surface area contributed by atoms with E-state index in [1.54, 1.807) is 55.2 Å². The third-order valence-corrected chi connectivity index (χ3v) is 9.00. The van der Waals surface area contributed by atoms with Gasteiger partial charge in [-0.25, -0.2) is 14.0 Å². The lowest BCUT2D eigenvalue weighted by Gasteiger charge is -2.39. The zero-order valence-corrected chi connectivity index (χ0v) is 28.0. The van der Waals surface area contributed by atoms with Crippen LogP contribution in [0.1, 0.15) is 75.9 Å². The number of likely N-dealkylation sites (N-methyl/N-ethyl adjacent to an activating group) is 1. The first-order chi connectivity index (χ1) is 22.1. The first kappa shape index (κ1) is 35.4. The maximum absolute atomic E-state index is 14.2. The van der Waals surface area contributed by atoms with Gasteiger partial charge in [0, 0.05) is 62.8 Å². The molecule has 1 aliphatic carbocycles. The number of nitrogens with zero attached hydrogens (tertiary/aromatic N) is 4. The molecule has 1 aromatic carbocycles. The molecule has 4 rings (SSSR count). The van der Waals surface area contributed by atoms with Gasteiger partial charge < -0.3 is 29.5 Å². The number of aryl methyl sites for hydroxylation is 1. The lowest BCUT2D eigenvalue weighted by Crippen LogP contribution is -2.60. The normalized spacial score (nSPS) is 17.4. The molecule has 13 heteroatoms. The van der Waals surface area contributed by atoms with E-state index in [-0.39, 0.29) is 49.6 Å². The molecule has 1 aromatic heterocycles. The van der Waals surface area contributed by atoms with E-state index in [1.165, 1.54) is 30.2 Å². The fraction of sp³-hybridized carbons (Fsp3) is 0.559. The summed E-state index contributed by atoms with van der Waals surface area (Å²) in [7, 11) is 3.16. The predicted molar refractivity (Wildman–Crippen MR) is 174 cm³/mol. The number of carboxylic acids is 1. The summed E-state index contributed by atoms with van der Waals surface area (Å²) in [5.41, 5.74) is 0.372. The number of piperazine rings is 1. The monoisotopic (exact) mass is 655 g/mol. The smallest absolute Gasteiger partial charge is 0.410 e. The van der Waals surface area contributed by atoms with E-state index >= 15 is 0 Å². The van der Waals surface area contributed by atoms with Crippen molar-refractivity contribution in [1.82, 2.24) is 24.6 Å². The minimum absolute atomic E-state index is 0.0568. The molecule has 2 fully saturated rings. The SMILES string of the molecule is C[C@@H](C(=O)N[C@H](C(=O)N1CCN(C(=O)c2c(C=CC(=O)O)c3cc(F)ccc3n2C)CC1)C1CCCCC1)N(C)C(=O)OC(C)(C)C. The maximum atomic E-state index is 14.2. The average Bonchev–Trinajstić information content (AvgIpc) is 3.30. The van der Waals surface area contributed by atoms with Gasteiger partial charge in [0.1, 0.15) is 29.2 Å². The molecule has 2 aromatic rings. The zero-order chi connectivity index (χ0) is 34.6. The Morgan fingerprint density at radius 1 is 1.04 bits per heavy atom. The minimum Gasteiger partial charge on any atom is -0.478 e. The highest BCUT2D eigenvalue weighted by atomic mass is 19.1. The van der Waals surface area contributed by atoms with Crippen LogP contribution in [0, 0.1) is 11.7 Å². The van der Waals surface area contributed by atoms with Crippen LogP contribution < -0.4 is 5.32 Å². The van der Waals surface area contributed by atoms with Gasteiger partial charge in [0.05, 0.1) is 0 Å². The Labute approximate surface area is 274 Å². The van der Waals surface area contributed by atoms with Crippen molar-refractivity contribution in [1.29, 1.82) is 0 Å². The van der Waals surface area contributed by atoms with E-state index in [0.29, 0.717) is 16.5 Å². The number of carbonyl (C=O) groups excluding carboxylic acids is 4. The summed E-state index contributed by atoms with van der Waals surface area (Å²) >= 11 is 0. The van der Waals surface area contributed by atoms with Crippen LogP contribution in [0.3, 0.4) is 0 Å². The first-order valence-electron chi connectivity index (χ1n) is 16.1. The van der Waals surface area contributed by atoms with Crippen LogP contribution in [-0.4, -0.2) is 105 Å². The third-order valence-electron chi connectivity index (χ3n) is 9.00. The van der Waals surface area contributed by atoms with Crippen LogP contribution >= 0.6 is 0 Å². The summed E-state index contributed by atoms with van der Waals surface area (Å²) in [6.45, 7) is 7.71. The molecule has 0 spiro atoms. The number of halogens is 1. The average molecular weight is 656 g/mol. The summed E-state index contributed by atoms with van der Waals surface area (Å²) < 4.78 is 21.2. The molecule has 1 aliphatic heterocycles. The molecule has 12 nitrogen and oxygen atoms in total. The summed E-state index contributed by atoms with van der Waals surface area (Å²) in [6.07, 6.45) is 6.13. The van der Waals surface area contributed by atoms with Crippen molar-refractivity contribution in [3.05, 3.63) is 41.3 Å². The Bertz CT molecular complexity index is 1550. The topological polar surface area (TPSA) is 141 Å². The van der Waals surface area contributed by atoms with Crippen molar-refractivity contribution in [2.45, 2.75) is 77.5 Å². The summed E-state index contributed by atoms with van der Waals surface area (Å²) in [5, 5.41) is 12.6. The Hall–Kier alpha value is -4.42. The summed E-state index contributed by atoms with van der Waals surface area (Å²) in [6, 6.07) is 2.44. The molecule has 256 valence electrons. The number of carbonyl (C=O) groups is 5. The van der Waals surface area contributed by atoms with E-state index in [0.717, 1.165) is 38.2 Å². The number of ether oxygens (including phenoxy) is 1. The van der Waals surface area contributed by atoms with Crippen molar-refractivity contribution in [2.75, 3.05) is 33.2 Å². The molecular formula is C34H46FN5O7. The van der Waals surface area contributed by atoms with E-state index in [2.05, 4.69) is 5.32 Å². The molecule has 1 saturated heterocycles. The lowest BCUT2D eigenvalue weighted by atomic mass is 9.83. The van der Waals surface area contributed by atoms with Crippen LogP contribution in [0.5, 0.6) is 0 Å². The van der Waals surface area contributed by atoms with Gasteiger partial charge in [-0.05, 0) is 70.7 Å². The van der Waals surface area contributed by atoms with Crippen molar-refractivity contribution in [3.8, 4) is 0 Å². The van der Waals surface area contributed by atoms with Crippen LogP contribution in [0.25, 0.3) is 17.0 Å². The Morgan fingerprint density at radius 3 is 2.26 bits per heavy atom. The van der Waals surface area contributed by atoms with Gasteiger partial charge >= 0.3 is 12.1 Å². The van der Waals surface area contributed by atoms with Crippen molar-refractivity contribution < 1.29 is 38.2 Å². The molecular weight excluding hydrogens is 609 g/mol. The number of carboxylic acid groups (broad SMARTS) is 1. The van der Waals surface area contributed by atoms with E-state index in [9.17, 15) is 33.5 Å². The third kappa shape index (κ3) is 8.30. The number of hydrogen-bond donors (Lipinski definition) is 2. The maximum Gasteiger partial charge on any atom is 0.410 e. The second kappa shape index (κ2) is 14.6. The van der Waals surface area contributed by atoms with Gasteiger partial charge in [0.15, 0.2) is 0 Å². The molecule has 4 amide bonds. The number of aliphatic carboxylic acids is 1. The van der Waals surface area contributed by atoms with Gasteiger partial charge in [-0.15, -0.1) is 0 Å². The van der Waals surface area contributed by atoms with Crippen molar-refractivity contribution >= 4 is 46.8 Å². The molecule has 2 N–H and O–H groups in total. The van der Waals surface area contributed by atoms with E-state index in [1.807, 2.05) is 0 Å². The zero-order valence-electron chi connectivity index (χ0n) is 28.0. The Morgan fingerprint density at radius 2 is 1.66 bits per heavy atom. The number of benzene rings is 1. The number of hydrogen-bond acceptors (Lipinski definition) is 6. The second-order valence-corrected chi connectivity index (χ2v) is 13.4. The number of aromatic nitrogens is 1. The van der Waals surface area contributed by atoms with Crippen molar-refractivity contribution in [3.63, 3.8) is 0 Å². The largest absolute Gasteiger partial charge is 0.478 e. The van der Waals surface area contributed by atoms with Gasteiger partial charge in [-0.1, -0.05) is 19.3 Å². The van der Waals surface area contributed by atoms with Crippen LogP contribution in [0.4, 0.5) is 9.18 Å². The number of nitrogens with one attached hydrogen (secondary N) is 1. The molecule has 0 bridgehead atoms. The Kier molecular flexibility index (Phi) is 11.0. The van der Waals surface area contributed by atoms with Crippen LogP contribution in [0.15, 0.2) is 24.3 Å². The fourth-order valence-electron chi connectivity index (χ4n) is 6.29. The van der Waals surface area contributed by atoms with Crippen molar-refractivity contribution in [2.24, 2.45) is 13.0 Å². The highest BCUT2D eigenvalue weighted by Gasteiger charge is 2.38. The number of amides is 4. The summed E-state index contributed by atoms with van der Waals surface area (Å²) in [5.74, 6) is -2.81. The quantitative estimate of drug-likeness (QED) is 0.410. The van der Waals surface area contributed by atoms with E-state index in [4.69, 9.17) is 4.74 Å². The minimum atomic E-state index is -1.20. The molecule has 0 radical (unpaired) electrons. The highest BCUT2D eigenvalue weighted by molar-refractivity contribution is 6.06. The molecule has 0 unspecified atom stereocenters. The van der Waals surface area contributed by atoms with Crippen LogP contribution in [-0.2, 0) is 26.2 Å². The molecule has 1 saturated carbocycles. The Balaban J connectivity index is 1.49. The molecule has 47 heavy (non-hydrogen) atoms. The first-order valence-corrected chi connectivity index (χ1v) is 16.1. The van der Waals surface area contributed by atoms with Crippen LogP contribution in [0.2, 0.25) is 0 Å². The second-order valence-electron chi connectivity index (χ2n) is 13.4. The lowest BCUT2D eigenvalue weighted by molar-refractivity contribution is -0.140.